The Morgan fingerprint density at radius 1 is 0.957 bits per heavy atom. The minimum Gasteiger partial charge on any atom is -0.283 e. The number of carbonyl (C=O) groups excluding carboxylic acids is 2. The number of hydrogen-bond acceptors (Lipinski definition) is 4. The summed E-state index contributed by atoms with van der Waals surface area (Å²) < 4.78 is 25.7. The Kier molecular flexibility index (Phi) is 3.65. The van der Waals surface area contributed by atoms with Crippen LogP contribution in [0.1, 0.15) is 27.6 Å². The van der Waals surface area contributed by atoms with E-state index in [9.17, 15) is 18.0 Å². The highest BCUT2D eigenvalue weighted by Gasteiger charge is 2.36. The third-order valence-electron chi connectivity index (χ3n) is 3.55. The van der Waals surface area contributed by atoms with Crippen molar-refractivity contribution < 1.29 is 18.0 Å². The minimum absolute atomic E-state index is 0.0652. The number of carbonyl (C=O) groups is 2. The number of imide groups is 1. The van der Waals surface area contributed by atoms with Gasteiger partial charge in [-0.25, -0.2) is 13.3 Å². The van der Waals surface area contributed by atoms with Gasteiger partial charge in [0.15, 0.2) is 0 Å². The summed E-state index contributed by atoms with van der Waals surface area (Å²) >= 11 is 0. The van der Waals surface area contributed by atoms with Crippen LogP contribution in [0.3, 0.4) is 0 Å². The van der Waals surface area contributed by atoms with Crippen molar-refractivity contribution in [2.75, 3.05) is 15.4 Å². The number of nitrogens with one attached hydrogen (secondary N) is 1. The van der Waals surface area contributed by atoms with Gasteiger partial charge in [0.05, 0.1) is 28.3 Å². The fourth-order valence-corrected chi connectivity index (χ4v) is 3.01. The molecule has 0 radical (unpaired) electrons. The SMILES string of the molecule is CCS(=O)(=O)Nc1cccc(N2C(=O)c3ccccc3C2=O)c1. The van der Waals surface area contributed by atoms with Gasteiger partial charge in [-0.15, -0.1) is 0 Å². The second kappa shape index (κ2) is 5.51. The number of amides is 2. The highest BCUT2D eigenvalue weighted by molar-refractivity contribution is 7.92. The van der Waals surface area contributed by atoms with E-state index in [-0.39, 0.29) is 5.75 Å². The first-order chi connectivity index (χ1) is 10.9. The predicted molar refractivity (Wildman–Crippen MR) is 87.1 cm³/mol. The van der Waals surface area contributed by atoms with Crippen LogP contribution in [-0.4, -0.2) is 26.0 Å². The quantitative estimate of drug-likeness (QED) is 0.872. The number of hydrogen-bond donors (Lipinski definition) is 1. The van der Waals surface area contributed by atoms with Gasteiger partial charge >= 0.3 is 0 Å². The Labute approximate surface area is 133 Å². The lowest BCUT2D eigenvalue weighted by atomic mass is 10.1. The van der Waals surface area contributed by atoms with E-state index in [1.165, 1.54) is 13.0 Å². The van der Waals surface area contributed by atoms with Gasteiger partial charge < -0.3 is 0 Å². The molecule has 2 amide bonds. The maximum absolute atomic E-state index is 12.4. The molecule has 0 saturated carbocycles. The number of anilines is 2. The first-order valence-electron chi connectivity index (χ1n) is 7.01. The molecule has 0 aliphatic carbocycles. The van der Waals surface area contributed by atoms with Crippen molar-refractivity contribution in [2.45, 2.75) is 6.92 Å². The molecule has 0 aromatic heterocycles. The van der Waals surface area contributed by atoms with Crippen LogP contribution < -0.4 is 9.62 Å². The Bertz CT molecular complexity index is 871. The Morgan fingerprint density at radius 2 is 1.57 bits per heavy atom. The van der Waals surface area contributed by atoms with Crippen LogP contribution in [0.15, 0.2) is 48.5 Å². The molecular formula is C16H14N2O4S. The lowest BCUT2D eigenvalue weighted by Gasteiger charge is -2.15. The Morgan fingerprint density at radius 3 is 2.13 bits per heavy atom. The molecule has 3 rings (SSSR count). The van der Waals surface area contributed by atoms with Gasteiger partial charge in [-0.2, -0.15) is 0 Å². The molecule has 1 aliphatic rings. The van der Waals surface area contributed by atoms with Crippen molar-refractivity contribution in [3.8, 4) is 0 Å². The molecule has 0 saturated heterocycles. The summed E-state index contributed by atoms with van der Waals surface area (Å²) in [4.78, 5) is 25.9. The average molecular weight is 330 g/mol. The molecule has 1 N–H and O–H groups in total. The zero-order valence-electron chi connectivity index (χ0n) is 12.3. The average Bonchev–Trinajstić information content (AvgIpc) is 2.79. The number of benzene rings is 2. The van der Waals surface area contributed by atoms with Crippen molar-refractivity contribution in [3.63, 3.8) is 0 Å². The van der Waals surface area contributed by atoms with Crippen LogP contribution in [0.2, 0.25) is 0 Å². The molecule has 2 aromatic rings. The van der Waals surface area contributed by atoms with Crippen LogP contribution >= 0.6 is 0 Å². The Hall–Kier alpha value is -2.67. The third kappa shape index (κ3) is 2.70. The van der Waals surface area contributed by atoms with Crippen molar-refractivity contribution in [3.05, 3.63) is 59.7 Å². The van der Waals surface area contributed by atoms with E-state index in [1.54, 1.807) is 42.5 Å². The number of rotatable bonds is 4. The van der Waals surface area contributed by atoms with Gasteiger partial charge in [0, 0.05) is 0 Å². The van der Waals surface area contributed by atoms with Gasteiger partial charge in [-0.1, -0.05) is 18.2 Å². The van der Waals surface area contributed by atoms with Crippen LogP contribution in [0.5, 0.6) is 0 Å². The fourth-order valence-electron chi connectivity index (χ4n) is 2.38. The number of fused-ring (bicyclic) bond motifs is 1. The van der Waals surface area contributed by atoms with Crippen molar-refractivity contribution in [1.29, 1.82) is 0 Å². The van der Waals surface area contributed by atoms with Gasteiger partial charge in [-0.05, 0) is 37.3 Å². The molecule has 0 fully saturated rings. The summed E-state index contributed by atoms with van der Waals surface area (Å²) in [5.74, 6) is -0.897. The molecule has 118 valence electrons. The third-order valence-corrected chi connectivity index (χ3v) is 4.86. The summed E-state index contributed by atoms with van der Waals surface area (Å²) in [5, 5.41) is 0. The lowest BCUT2D eigenvalue weighted by Crippen LogP contribution is -2.29. The molecule has 0 spiro atoms. The second-order valence-corrected chi connectivity index (χ2v) is 7.06. The van der Waals surface area contributed by atoms with Crippen molar-refractivity contribution in [2.24, 2.45) is 0 Å². The maximum atomic E-state index is 12.4. The van der Waals surface area contributed by atoms with Gasteiger partial charge in [0.1, 0.15) is 0 Å². The summed E-state index contributed by atoms with van der Waals surface area (Å²) in [6.07, 6.45) is 0. The predicted octanol–water partition coefficient (Wildman–Crippen LogP) is 2.25. The second-order valence-electron chi connectivity index (χ2n) is 5.05. The van der Waals surface area contributed by atoms with E-state index < -0.39 is 21.8 Å². The van der Waals surface area contributed by atoms with Crippen LogP contribution in [-0.2, 0) is 10.0 Å². The molecule has 0 unspecified atom stereocenters. The molecular weight excluding hydrogens is 316 g/mol. The van der Waals surface area contributed by atoms with E-state index in [2.05, 4.69) is 4.72 Å². The van der Waals surface area contributed by atoms with Gasteiger partial charge in [-0.3, -0.25) is 14.3 Å². The zero-order chi connectivity index (χ0) is 16.6. The van der Waals surface area contributed by atoms with E-state index in [4.69, 9.17) is 0 Å². The van der Waals surface area contributed by atoms with Crippen molar-refractivity contribution in [1.82, 2.24) is 0 Å². The van der Waals surface area contributed by atoms with Crippen LogP contribution in [0.4, 0.5) is 11.4 Å². The highest BCUT2D eigenvalue weighted by Crippen LogP contribution is 2.29. The maximum Gasteiger partial charge on any atom is 0.266 e. The summed E-state index contributed by atoms with van der Waals surface area (Å²) in [7, 11) is -3.43. The zero-order valence-corrected chi connectivity index (χ0v) is 13.1. The first kappa shape index (κ1) is 15.2. The molecule has 0 atom stereocenters. The van der Waals surface area contributed by atoms with Crippen LogP contribution in [0.25, 0.3) is 0 Å². The Balaban J connectivity index is 1.98. The topological polar surface area (TPSA) is 83.6 Å². The summed E-state index contributed by atoms with van der Waals surface area (Å²) in [5.41, 5.74) is 1.32. The van der Waals surface area contributed by atoms with E-state index in [1.807, 2.05) is 0 Å². The fraction of sp³-hybridized carbons (Fsp3) is 0.125. The van der Waals surface area contributed by atoms with Crippen molar-refractivity contribution >= 4 is 33.2 Å². The van der Waals surface area contributed by atoms with Gasteiger partial charge in [0.2, 0.25) is 10.0 Å². The summed E-state index contributed by atoms with van der Waals surface area (Å²) in [6, 6.07) is 12.8. The van der Waals surface area contributed by atoms with Gasteiger partial charge in [0.25, 0.3) is 11.8 Å². The first-order valence-corrected chi connectivity index (χ1v) is 8.66. The number of nitrogens with zero attached hydrogens (tertiary/aromatic N) is 1. The smallest absolute Gasteiger partial charge is 0.266 e. The van der Waals surface area contributed by atoms with E-state index >= 15 is 0 Å². The molecule has 23 heavy (non-hydrogen) atoms. The van der Waals surface area contributed by atoms with Crippen LogP contribution in [0, 0.1) is 0 Å². The van der Waals surface area contributed by atoms with E-state index in [0.717, 1.165) is 4.90 Å². The molecule has 1 aliphatic heterocycles. The standard InChI is InChI=1S/C16H14N2O4S/c1-2-23(21,22)17-11-6-5-7-12(10-11)18-15(19)13-8-3-4-9-14(13)16(18)20/h3-10,17H,2H2,1H3. The molecule has 6 nitrogen and oxygen atoms in total. The normalized spacial score (nSPS) is 14.0. The largest absolute Gasteiger partial charge is 0.283 e. The number of sulfonamides is 1. The molecule has 7 heteroatoms. The highest BCUT2D eigenvalue weighted by atomic mass is 32.2. The molecule has 1 heterocycles. The minimum atomic E-state index is -3.43. The van der Waals surface area contributed by atoms with E-state index in [0.29, 0.717) is 22.5 Å². The summed E-state index contributed by atoms with van der Waals surface area (Å²) in [6.45, 7) is 1.52. The lowest BCUT2D eigenvalue weighted by molar-refractivity contribution is 0.0926. The molecule has 0 bridgehead atoms. The molecule has 2 aromatic carbocycles. The monoisotopic (exact) mass is 330 g/mol.